The fraction of sp³-hybridized carbons (Fsp3) is 1.00. The van der Waals surface area contributed by atoms with E-state index in [9.17, 15) is 0 Å². The fourth-order valence-corrected chi connectivity index (χ4v) is 19.4. The number of ether oxygens (including phenoxy) is 2. The molecule has 0 amide bonds. The SMILES string of the molecule is CC(C)CCCC(C)CCCC1(C)O[C@@H](CO[Si](C(C)C)(C(C)C)C(C)C)[C@H](CO[Si](C(C)C)(C(C)C)C(C)C)O1. The van der Waals surface area contributed by atoms with Crippen LogP contribution in [0.4, 0.5) is 0 Å². The number of hydrogen-bond acceptors (Lipinski definition) is 4. The van der Waals surface area contributed by atoms with E-state index in [1.165, 1.54) is 25.7 Å². The Balaban J connectivity index is 3.10. The average molecular weight is 615 g/mol. The molecule has 1 heterocycles. The third-order valence-electron chi connectivity index (χ3n) is 10.4. The van der Waals surface area contributed by atoms with Gasteiger partial charge in [-0.3, -0.25) is 0 Å². The molecular formula is C35H74O4Si2. The predicted octanol–water partition coefficient (Wildman–Crippen LogP) is 11.5. The first kappa shape index (κ1) is 39.3. The molecule has 1 rings (SSSR count). The van der Waals surface area contributed by atoms with Crippen LogP contribution in [0.1, 0.15) is 149 Å². The number of rotatable bonds is 20. The third-order valence-corrected chi connectivity index (χ3v) is 22.6. The van der Waals surface area contributed by atoms with Gasteiger partial charge in [0.2, 0.25) is 0 Å². The summed E-state index contributed by atoms with van der Waals surface area (Å²) in [6.45, 7) is 38.8. The van der Waals surface area contributed by atoms with Gasteiger partial charge < -0.3 is 18.3 Å². The Morgan fingerprint density at radius 3 is 1.20 bits per heavy atom. The zero-order valence-corrected chi connectivity index (χ0v) is 32.6. The largest absolute Gasteiger partial charge is 0.413 e. The van der Waals surface area contributed by atoms with Crippen molar-refractivity contribution in [3.8, 4) is 0 Å². The minimum absolute atomic E-state index is 0.0928. The molecule has 0 aliphatic carbocycles. The summed E-state index contributed by atoms with van der Waals surface area (Å²) >= 11 is 0. The van der Waals surface area contributed by atoms with Gasteiger partial charge in [-0.1, -0.05) is 130 Å². The zero-order chi connectivity index (χ0) is 31.8. The Morgan fingerprint density at radius 2 is 0.878 bits per heavy atom. The van der Waals surface area contributed by atoms with Crippen molar-refractivity contribution in [1.29, 1.82) is 0 Å². The van der Waals surface area contributed by atoms with Crippen molar-refractivity contribution in [2.75, 3.05) is 13.2 Å². The van der Waals surface area contributed by atoms with Crippen molar-refractivity contribution in [3.05, 3.63) is 0 Å². The fourth-order valence-electron chi connectivity index (χ4n) is 8.46. The lowest BCUT2D eigenvalue weighted by atomic mass is 9.94. The molecule has 0 aromatic heterocycles. The summed E-state index contributed by atoms with van der Waals surface area (Å²) < 4.78 is 27.9. The molecule has 4 nitrogen and oxygen atoms in total. The summed E-state index contributed by atoms with van der Waals surface area (Å²) in [6, 6.07) is 0. The molecule has 246 valence electrons. The van der Waals surface area contributed by atoms with Crippen molar-refractivity contribution in [2.45, 2.75) is 201 Å². The standard InChI is InChI=1S/C35H74O4Si2/c1-25(2)19-17-20-32(15)21-18-22-35(16)38-33(23-36-40(26(3)4,27(5)6)28(7)8)34(39-35)24-37-41(29(9)10,30(11)12)31(13)14/h25-34H,17-24H2,1-16H3/t32?,33-,34-/m0/s1. The highest BCUT2D eigenvalue weighted by atomic mass is 28.4. The van der Waals surface area contributed by atoms with Gasteiger partial charge in [0.25, 0.3) is 0 Å². The second kappa shape index (κ2) is 17.1. The highest BCUT2D eigenvalue weighted by Gasteiger charge is 2.51. The molecule has 3 atom stereocenters. The molecule has 6 heteroatoms. The Hall–Kier alpha value is 0.274. The lowest BCUT2D eigenvalue weighted by Gasteiger charge is -2.44. The van der Waals surface area contributed by atoms with Gasteiger partial charge in [-0.25, -0.2) is 0 Å². The molecule has 0 aromatic rings. The van der Waals surface area contributed by atoms with Crippen LogP contribution < -0.4 is 0 Å². The molecule has 0 radical (unpaired) electrons. The second-order valence-corrected chi connectivity index (χ2v) is 26.9. The molecule has 1 aliphatic rings. The predicted molar refractivity (Wildman–Crippen MR) is 184 cm³/mol. The van der Waals surface area contributed by atoms with E-state index in [1.54, 1.807) is 0 Å². The normalized spacial score (nSPS) is 21.1. The minimum Gasteiger partial charge on any atom is -0.413 e. The van der Waals surface area contributed by atoms with Crippen LogP contribution in [0.5, 0.6) is 0 Å². The van der Waals surface area contributed by atoms with E-state index in [2.05, 4.69) is 111 Å². The highest BCUT2D eigenvalue weighted by molar-refractivity contribution is 6.78. The quantitative estimate of drug-likeness (QED) is 0.128. The van der Waals surface area contributed by atoms with E-state index < -0.39 is 22.4 Å². The van der Waals surface area contributed by atoms with E-state index in [-0.39, 0.29) is 12.2 Å². The Bertz CT molecular complexity index is 631. The van der Waals surface area contributed by atoms with Crippen molar-refractivity contribution in [2.24, 2.45) is 11.8 Å². The summed E-state index contributed by atoms with van der Waals surface area (Å²) in [5.41, 5.74) is 3.28. The van der Waals surface area contributed by atoms with E-state index >= 15 is 0 Å². The van der Waals surface area contributed by atoms with Crippen molar-refractivity contribution < 1.29 is 18.3 Å². The summed E-state index contributed by atoms with van der Waals surface area (Å²) in [7, 11) is -4.03. The Morgan fingerprint density at radius 1 is 0.537 bits per heavy atom. The third kappa shape index (κ3) is 10.4. The van der Waals surface area contributed by atoms with E-state index in [0.29, 0.717) is 46.5 Å². The van der Waals surface area contributed by atoms with Gasteiger partial charge in [0.15, 0.2) is 22.4 Å². The lowest BCUT2D eigenvalue weighted by molar-refractivity contribution is -0.171. The van der Waals surface area contributed by atoms with E-state index in [1.807, 2.05) is 0 Å². The monoisotopic (exact) mass is 615 g/mol. The van der Waals surface area contributed by atoms with Crippen LogP contribution in [0.15, 0.2) is 0 Å². The molecule has 0 spiro atoms. The summed E-state index contributed by atoms with van der Waals surface area (Å²) in [5.74, 6) is 0.976. The minimum atomic E-state index is -2.01. The summed E-state index contributed by atoms with van der Waals surface area (Å²) in [4.78, 5) is 0. The maximum Gasteiger partial charge on any atom is 0.200 e. The summed E-state index contributed by atoms with van der Waals surface area (Å²) in [5, 5.41) is 0. The molecule has 1 unspecified atom stereocenters. The molecular weight excluding hydrogens is 541 g/mol. The Kier molecular flexibility index (Phi) is 16.4. The zero-order valence-electron chi connectivity index (χ0n) is 30.6. The average Bonchev–Trinajstić information content (AvgIpc) is 3.13. The van der Waals surface area contributed by atoms with Gasteiger partial charge in [-0.15, -0.1) is 0 Å². The molecule has 0 bridgehead atoms. The van der Waals surface area contributed by atoms with Gasteiger partial charge in [-0.2, -0.15) is 0 Å². The molecule has 1 fully saturated rings. The smallest absolute Gasteiger partial charge is 0.200 e. The first-order chi connectivity index (χ1) is 18.9. The van der Waals surface area contributed by atoms with Gasteiger partial charge in [0.1, 0.15) is 12.2 Å². The van der Waals surface area contributed by atoms with Crippen LogP contribution in [-0.4, -0.2) is 47.8 Å². The number of hydrogen-bond donors (Lipinski definition) is 0. The molecule has 0 saturated carbocycles. The van der Waals surface area contributed by atoms with Crippen molar-refractivity contribution in [3.63, 3.8) is 0 Å². The van der Waals surface area contributed by atoms with Gasteiger partial charge in [-0.05, 0) is 58.4 Å². The topological polar surface area (TPSA) is 36.9 Å². The van der Waals surface area contributed by atoms with E-state index in [4.69, 9.17) is 18.3 Å². The molecule has 1 saturated heterocycles. The van der Waals surface area contributed by atoms with Gasteiger partial charge in [0.05, 0.1) is 13.2 Å². The highest BCUT2D eigenvalue weighted by Crippen LogP contribution is 2.45. The van der Waals surface area contributed by atoms with Crippen LogP contribution in [0.3, 0.4) is 0 Å². The van der Waals surface area contributed by atoms with Gasteiger partial charge >= 0.3 is 0 Å². The Labute approximate surface area is 260 Å². The van der Waals surface area contributed by atoms with E-state index in [0.717, 1.165) is 24.7 Å². The van der Waals surface area contributed by atoms with Crippen LogP contribution in [-0.2, 0) is 18.3 Å². The van der Waals surface area contributed by atoms with Crippen LogP contribution in [0, 0.1) is 11.8 Å². The van der Waals surface area contributed by atoms with Crippen LogP contribution in [0.2, 0.25) is 33.2 Å². The van der Waals surface area contributed by atoms with Crippen LogP contribution in [0.25, 0.3) is 0 Å². The molecule has 0 aromatic carbocycles. The molecule has 41 heavy (non-hydrogen) atoms. The second-order valence-electron chi connectivity index (χ2n) is 16.0. The van der Waals surface area contributed by atoms with Gasteiger partial charge in [0, 0.05) is 6.42 Å². The van der Waals surface area contributed by atoms with Crippen molar-refractivity contribution in [1.82, 2.24) is 0 Å². The van der Waals surface area contributed by atoms with Crippen LogP contribution >= 0.6 is 0 Å². The van der Waals surface area contributed by atoms with Crippen molar-refractivity contribution >= 4 is 16.6 Å². The molecule has 0 N–H and O–H groups in total. The maximum atomic E-state index is 7.09. The molecule has 1 aliphatic heterocycles. The first-order valence-electron chi connectivity index (χ1n) is 17.5. The maximum absolute atomic E-state index is 7.09. The lowest BCUT2D eigenvalue weighted by Crippen LogP contribution is -2.51. The first-order valence-corrected chi connectivity index (χ1v) is 21.8. The summed E-state index contributed by atoms with van der Waals surface area (Å²) in [6.07, 6.45) is 7.10.